The fraction of sp³-hybridized carbons (Fsp3) is 0.375. The number of hydrogen-bond acceptors (Lipinski definition) is 3. The van der Waals surface area contributed by atoms with Gasteiger partial charge < -0.3 is 10.1 Å². The first-order valence-corrected chi connectivity index (χ1v) is 10.0. The third-order valence-corrected chi connectivity index (χ3v) is 5.49. The molecule has 0 aliphatic carbocycles. The number of ether oxygens (including phenoxy) is 1. The van der Waals surface area contributed by atoms with E-state index in [1.54, 1.807) is 7.11 Å². The van der Waals surface area contributed by atoms with Gasteiger partial charge in [0.1, 0.15) is 5.75 Å². The van der Waals surface area contributed by atoms with Crippen LogP contribution in [0.3, 0.4) is 0 Å². The van der Waals surface area contributed by atoms with Crippen molar-refractivity contribution < 1.29 is 9.53 Å². The molecule has 0 saturated carbocycles. The van der Waals surface area contributed by atoms with Crippen LogP contribution >= 0.6 is 0 Å². The zero-order chi connectivity index (χ0) is 19.8. The van der Waals surface area contributed by atoms with Crippen molar-refractivity contribution >= 4 is 5.91 Å². The van der Waals surface area contributed by atoms with E-state index in [2.05, 4.69) is 41.1 Å². The molecule has 2 atom stereocenters. The van der Waals surface area contributed by atoms with E-state index >= 15 is 0 Å². The Morgan fingerprint density at radius 2 is 1.93 bits per heavy atom. The molecule has 1 heterocycles. The minimum absolute atomic E-state index is 0.0255. The average Bonchev–Trinajstić information content (AvgIpc) is 2.75. The summed E-state index contributed by atoms with van der Waals surface area (Å²) in [6, 6.07) is 18.9. The van der Waals surface area contributed by atoms with E-state index < -0.39 is 0 Å². The van der Waals surface area contributed by atoms with Gasteiger partial charge in [-0.1, -0.05) is 54.6 Å². The van der Waals surface area contributed by atoms with Gasteiger partial charge in [-0.25, -0.2) is 0 Å². The molecule has 1 N–H and O–H groups in total. The van der Waals surface area contributed by atoms with Crippen LogP contribution in [-0.4, -0.2) is 37.6 Å². The SMILES string of the molecule is C=CCN1CC(C(=O)NCCc2ccccc2OC)CCC1c1ccccc1. The predicted molar refractivity (Wildman–Crippen MR) is 113 cm³/mol. The number of hydrogen-bond donors (Lipinski definition) is 1. The highest BCUT2D eigenvalue weighted by atomic mass is 16.5. The number of piperidine rings is 1. The monoisotopic (exact) mass is 378 g/mol. The minimum atomic E-state index is 0.0255. The van der Waals surface area contributed by atoms with Crippen LogP contribution in [0.4, 0.5) is 0 Å². The van der Waals surface area contributed by atoms with E-state index in [1.165, 1.54) is 5.56 Å². The van der Waals surface area contributed by atoms with E-state index in [1.807, 2.05) is 36.4 Å². The zero-order valence-electron chi connectivity index (χ0n) is 16.6. The molecule has 1 fully saturated rings. The lowest BCUT2D eigenvalue weighted by atomic mass is 9.88. The lowest BCUT2D eigenvalue weighted by Gasteiger charge is -2.39. The standard InChI is InChI=1S/C24H30N2O2/c1-3-17-26-18-21(13-14-22(26)19-9-5-4-6-10-19)24(27)25-16-15-20-11-7-8-12-23(20)28-2/h3-12,21-22H,1,13-18H2,2H3,(H,25,27). The van der Waals surface area contributed by atoms with Gasteiger partial charge in [-0.15, -0.1) is 6.58 Å². The summed E-state index contributed by atoms with van der Waals surface area (Å²) in [5.41, 5.74) is 2.44. The smallest absolute Gasteiger partial charge is 0.224 e. The number of amides is 1. The Hall–Kier alpha value is -2.59. The molecule has 2 aromatic carbocycles. The highest BCUT2D eigenvalue weighted by Gasteiger charge is 2.32. The molecule has 28 heavy (non-hydrogen) atoms. The maximum Gasteiger partial charge on any atom is 0.224 e. The Labute approximate surface area is 168 Å². The normalized spacial score (nSPS) is 19.8. The molecule has 1 aliphatic heterocycles. The second-order valence-electron chi connectivity index (χ2n) is 7.30. The predicted octanol–water partition coefficient (Wildman–Crippen LogP) is 3.99. The summed E-state index contributed by atoms with van der Waals surface area (Å²) < 4.78 is 5.39. The Morgan fingerprint density at radius 3 is 2.68 bits per heavy atom. The van der Waals surface area contributed by atoms with Gasteiger partial charge in [0.2, 0.25) is 5.91 Å². The number of benzene rings is 2. The summed E-state index contributed by atoms with van der Waals surface area (Å²) >= 11 is 0. The van der Waals surface area contributed by atoms with Crippen molar-refractivity contribution in [3.05, 3.63) is 78.4 Å². The van der Waals surface area contributed by atoms with Gasteiger partial charge in [-0.3, -0.25) is 9.69 Å². The van der Waals surface area contributed by atoms with E-state index in [-0.39, 0.29) is 11.8 Å². The van der Waals surface area contributed by atoms with Crippen LogP contribution in [0, 0.1) is 5.92 Å². The molecule has 2 aromatic rings. The summed E-state index contributed by atoms with van der Waals surface area (Å²) in [6.45, 7) is 6.09. The van der Waals surface area contributed by atoms with Crippen LogP contribution in [0.25, 0.3) is 0 Å². The lowest BCUT2D eigenvalue weighted by Crippen LogP contribution is -2.44. The molecule has 2 unspecified atom stereocenters. The third kappa shape index (κ3) is 5.02. The lowest BCUT2D eigenvalue weighted by molar-refractivity contribution is -0.127. The minimum Gasteiger partial charge on any atom is -0.496 e. The first-order valence-electron chi connectivity index (χ1n) is 10.0. The molecule has 148 valence electrons. The van der Waals surface area contributed by atoms with Crippen molar-refractivity contribution in [3.8, 4) is 5.75 Å². The second-order valence-corrected chi connectivity index (χ2v) is 7.30. The molecule has 1 aliphatic rings. The Bertz CT molecular complexity index is 775. The Kier molecular flexibility index (Phi) is 7.26. The van der Waals surface area contributed by atoms with Crippen molar-refractivity contribution in [2.24, 2.45) is 5.92 Å². The number of nitrogens with zero attached hydrogens (tertiary/aromatic N) is 1. The maximum atomic E-state index is 12.7. The van der Waals surface area contributed by atoms with Gasteiger partial charge in [-0.2, -0.15) is 0 Å². The quantitative estimate of drug-likeness (QED) is 0.706. The third-order valence-electron chi connectivity index (χ3n) is 5.49. The first-order chi connectivity index (χ1) is 13.7. The zero-order valence-corrected chi connectivity index (χ0v) is 16.6. The van der Waals surface area contributed by atoms with Gasteiger partial charge in [0.25, 0.3) is 0 Å². The molecule has 1 amide bonds. The number of methoxy groups -OCH3 is 1. The van der Waals surface area contributed by atoms with Crippen LogP contribution < -0.4 is 10.1 Å². The summed E-state index contributed by atoms with van der Waals surface area (Å²) in [6.07, 6.45) is 4.60. The molecule has 4 nitrogen and oxygen atoms in total. The molecular weight excluding hydrogens is 348 g/mol. The van der Waals surface area contributed by atoms with Crippen LogP contribution in [0.5, 0.6) is 5.75 Å². The molecule has 0 bridgehead atoms. The van der Waals surface area contributed by atoms with E-state index in [0.29, 0.717) is 12.6 Å². The highest BCUT2D eigenvalue weighted by Crippen LogP contribution is 2.33. The van der Waals surface area contributed by atoms with Gasteiger partial charge in [0, 0.05) is 25.7 Å². The number of carbonyl (C=O) groups excluding carboxylic acids is 1. The highest BCUT2D eigenvalue weighted by molar-refractivity contribution is 5.79. The van der Waals surface area contributed by atoms with Crippen LogP contribution in [0.1, 0.15) is 30.0 Å². The van der Waals surface area contributed by atoms with Crippen LogP contribution in [-0.2, 0) is 11.2 Å². The Balaban J connectivity index is 1.55. The number of carbonyl (C=O) groups is 1. The summed E-state index contributed by atoms with van der Waals surface area (Å²) in [7, 11) is 1.68. The largest absolute Gasteiger partial charge is 0.496 e. The van der Waals surface area contributed by atoms with Crippen molar-refractivity contribution in [3.63, 3.8) is 0 Å². The van der Waals surface area contributed by atoms with Gasteiger partial charge in [0.05, 0.1) is 13.0 Å². The van der Waals surface area contributed by atoms with Crippen LogP contribution in [0.15, 0.2) is 67.3 Å². The van der Waals surface area contributed by atoms with E-state index in [9.17, 15) is 4.79 Å². The van der Waals surface area contributed by atoms with E-state index in [0.717, 1.165) is 43.7 Å². The Morgan fingerprint density at radius 1 is 1.18 bits per heavy atom. The van der Waals surface area contributed by atoms with Crippen molar-refractivity contribution in [2.75, 3.05) is 26.7 Å². The van der Waals surface area contributed by atoms with Crippen molar-refractivity contribution in [2.45, 2.75) is 25.3 Å². The summed E-state index contributed by atoms with van der Waals surface area (Å²) in [5.74, 6) is 1.05. The first kappa shape index (κ1) is 20.2. The number of likely N-dealkylation sites (tertiary alicyclic amines) is 1. The number of nitrogens with one attached hydrogen (secondary N) is 1. The van der Waals surface area contributed by atoms with Gasteiger partial charge >= 0.3 is 0 Å². The van der Waals surface area contributed by atoms with Crippen molar-refractivity contribution in [1.29, 1.82) is 0 Å². The molecule has 4 heteroatoms. The number of para-hydroxylation sites is 1. The molecule has 3 rings (SSSR count). The molecule has 1 saturated heterocycles. The fourth-order valence-corrected chi connectivity index (χ4v) is 4.05. The fourth-order valence-electron chi connectivity index (χ4n) is 4.05. The average molecular weight is 379 g/mol. The van der Waals surface area contributed by atoms with Gasteiger partial charge in [0.15, 0.2) is 0 Å². The topological polar surface area (TPSA) is 41.6 Å². The summed E-state index contributed by atoms with van der Waals surface area (Å²) in [5, 5.41) is 3.12. The summed E-state index contributed by atoms with van der Waals surface area (Å²) in [4.78, 5) is 15.1. The molecular formula is C24H30N2O2. The molecule has 0 aromatic heterocycles. The van der Waals surface area contributed by atoms with E-state index in [4.69, 9.17) is 4.74 Å². The van der Waals surface area contributed by atoms with Gasteiger partial charge in [-0.05, 0) is 36.5 Å². The van der Waals surface area contributed by atoms with Crippen molar-refractivity contribution in [1.82, 2.24) is 10.2 Å². The molecule has 0 radical (unpaired) electrons. The second kappa shape index (κ2) is 10.1. The maximum absolute atomic E-state index is 12.7. The number of rotatable bonds is 8. The van der Waals surface area contributed by atoms with Crippen LogP contribution in [0.2, 0.25) is 0 Å². The molecule has 0 spiro atoms.